The molecule has 0 spiro atoms. The lowest BCUT2D eigenvalue weighted by atomic mass is 9.94. The lowest BCUT2D eigenvalue weighted by molar-refractivity contribution is -0.139. The molecule has 0 bridgehead atoms. The first-order chi connectivity index (χ1) is 15.0. The number of hydrogen-bond acceptors (Lipinski definition) is 5. The zero-order valence-electron chi connectivity index (χ0n) is 17.9. The van der Waals surface area contributed by atoms with Crippen LogP contribution in [-0.2, 0) is 16.0 Å². The van der Waals surface area contributed by atoms with Crippen molar-refractivity contribution < 1.29 is 24.2 Å². The third kappa shape index (κ3) is 3.90. The van der Waals surface area contributed by atoms with Gasteiger partial charge in [-0.05, 0) is 47.9 Å². The van der Waals surface area contributed by atoms with E-state index in [1.165, 1.54) is 0 Å². The second-order valence-corrected chi connectivity index (χ2v) is 7.89. The van der Waals surface area contributed by atoms with Crippen molar-refractivity contribution in [2.75, 3.05) is 20.3 Å². The fraction of sp³-hybridized carbons (Fsp3) is 0.360. The average Bonchev–Trinajstić information content (AvgIpc) is 3.36. The van der Waals surface area contributed by atoms with Crippen LogP contribution in [0.25, 0.3) is 5.76 Å². The number of aliphatic hydroxyl groups is 1. The third-order valence-electron chi connectivity index (χ3n) is 5.94. The van der Waals surface area contributed by atoms with E-state index in [-0.39, 0.29) is 11.3 Å². The number of methoxy groups -OCH3 is 1. The van der Waals surface area contributed by atoms with Gasteiger partial charge in [0, 0.05) is 18.5 Å². The van der Waals surface area contributed by atoms with Crippen LogP contribution in [0, 0.1) is 0 Å². The summed E-state index contributed by atoms with van der Waals surface area (Å²) >= 11 is 0. The van der Waals surface area contributed by atoms with Gasteiger partial charge in [-0.25, -0.2) is 0 Å². The summed E-state index contributed by atoms with van der Waals surface area (Å²) in [6.45, 7) is 3.16. The summed E-state index contributed by atoms with van der Waals surface area (Å²) in [5.41, 5.74) is 2.41. The minimum Gasteiger partial charge on any atom is -0.507 e. The number of hydrogen-bond donors (Lipinski definition) is 1. The number of aliphatic hydroxyl groups excluding tert-OH is 1. The monoisotopic (exact) mass is 421 g/mol. The predicted molar refractivity (Wildman–Crippen MR) is 117 cm³/mol. The molecular weight excluding hydrogens is 394 g/mol. The number of fused-ring (bicyclic) bond motifs is 1. The number of amides is 1. The number of benzene rings is 2. The van der Waals surface area contributed by atoms with E-state index >= 15 is 0 Å². The van der Waals surface area contributed by atoms with Gasteiger partial charge in [0.2, 0.25) is 0 Å². The minimum absolute atomic E-state index is 0.130. The SMILES string of the molecule is CCCCCN1C(=O)C(=O)/C(=C(\O)c2ccc3c(c2)CCO3)C1c1ccc(OC)cc1. The molecule has 0 aromatic heterocycles. The fourth-order valence-electron chi connectivity index (χ4n) is 4.26. The smallest absolute Gasteiger partial charge is 0.295 e. The molecule has 1 fully saturated rings. The molecule has 2 aromatic carbocycles. The summed E-state index contributed by atoms with van der Waals surface area (Å²) in [4.78, 5) is 27.6. The maximum Gasteiger partial charge on any atom is 0.295 e. The Balaban J connectivity index is 1.79. The molecule has 2 heterocycles. The van der Waals surface area contributed by atoms with Crippen LogP contribution in [0.2, 0.25) is 0 Å². The highest BCUT2D eigenvalue weighted by molar-refractivity contribution is 6.46. The molecule has 1 amide bonds. The summed E-state index contributed by atoms with van der Waals surface area (Å²) in [5.74, 6) is 0.120. The first-order valence-corrected chi connectivity index (χ1v) is 10.7. The molecule has 31 heavy (non-hydrogen) atoms. The van der Waals surface area contributed by atoms with Crippen LogP contribution in [-0.4, -0.2) is 42.0 Å². The average molecular weight is 421 g/mol. The van der Waals surface area contributed by atoms with Crippen molar-refractivity contribution in [3.8, 4) is 11.5 Å². The van der Waals surface area contributed by atoms with Gasteiger partial charge in [-0.15, -0.1) is 0 Å². The van der Waals surface area contributed by atoms with E-state index in [0.717, 1.165) is 42.6 Å². The quantitative estimate of drug-likeness (QED) is 0.313. The maximum absolute atomic E-state index is 13.0. The predicted octanol–water partition coefficient (Wildman–Crippen LogP) is 4.24. The Hall–Kier alpha value is -3.28. The molecule has 4 rings (SSSR count). The number of nitrogens with zero attached hydrogens (tertiary/aromatic N) is 1. The second-order valence-electron chi connectivity index (χ2n) is 7.89. The Labute approximate surface area is 182 Å². The normalized spacial score (nSPS) is 19.4. The maximum atomic E-state index is 13.0. The number of ketones is 1. The van der Waals surface area contributed by atoms with Crippen LogP contribution in [0.15, 0.2) is 48.0 Å². The van der Waals surface area contributed by atoms with Crippen LogP contribution in [0.5, 0.6) is 11.5 Å². The lowest BCUT2D eigenvalue weighted by Crippen LogP contribution is -2.30. The van der Waals surface area contributed by atoms with Crippen molar-refractivity contribution in [1.82, 2.24) is 4.90 Å². The molecular formula is C25H27NO5. The van der Waals surface area contributed by atoms with Crippen molar-refractivity contribution in [3.05, 3.63) is 64.7 Å². The van der Waals surface area contributed by atoms with Crippen LogP contribution in [0.4, 0.5) is 0 Å². The Morgan fingerprint density at radius 1 is 1.16 bits per heavy atom. The molecule has 1 unspecified atom stereocenters. The molecule has 6 heteroatoms. The lowest BCUT2D eigenvalue weighted by Gasteiger charge is -2.25. The summed E-state index contributed by atoms with van der Waals surface area (Å²) in [7, 11) is 1.59. The van der Waals surface area contributed by atoms with Gasteiger partial charge in [-0.3, -0.25) is 9.59 Å². The van der Waals surface area contributed by atoms with Gasteiger partial charge in [-0.2, -0.15) is 0 Å². The number of rotatable bonds is 7. The van der Waals surface area contributed by atoms with Crippen molar-refractivity contribution in [1.29, 1.82) is 0 Å². The largest absolute Gasteiger partial charge is 0.507 e. The van der Waals surface area contributed by atoms with Gasteiger partial charge in [0.1, 0.15) is 17.3 Å². The third-order valence-corrected chi connectivity index (χ3v) is 5.94. The van der Waals surface area contributed by atoms with Crippen LogP contribution >= 0.6 is 0 Å². The Morgan fingerprint density at radius 3 is 2.65 bits per heavy atom. The number of unbranched alkanes of at least 4 members (excludes halogenated alkanes) is 2. The first kappa shape index (κ1) is 21.0. The standard InChI is InChI=1S/C25H27NO5/c1-3-4-5-13-26-22(16-6-9-19(30-2)10-7-16)21(24(28)25(26)29)23(27)18-8-11-20-17(15-18)12-14-31-20/h6-11,15,22,27H,3-5,12-14H2,1-2H3/b23-21-. The van der Waals surface area contributed by atoms with Crippen LogP contribution in [0.1, 0.15) is 48.9 Å². The molecule has 2 aliphatic rings. The van der Waals surface area contributed by atoms with Gasteiger partial charge < -0.3 is 19.5 Å². The van der Waals surface area contributed by atoms with Crippen LogP contribution in [0.3, 0.4) is 0 Å². The van der Waals surface area contributed by atoms with Crippen molar-refractivity contribution in [2.24, 2.45) is 0 Å². The second kappa shape index (κ2) is 8.84. The zero-order valence-corrected chi connectivity index (χ0v) is 17.9. The molecule has 6 nitrogen and oxygen atoms in total. The summed E-state index contributed by atoms with van der Waals surface area (Å²) in [6.07, 6.45) is 3.52. The first-order valence-electron chi connectivity index (χ1n) is 10.7. The molecule has 0 radical (unpaired) electrons. The zero-order chi connectivity index (χ0) is 22.0. The van der Waals surface area contributed by atoms with Gasteiger partial charge in [0.05, 0.1) is 25.3 Å². The van der Waals surface area contributed by atoms with Crippen molar-refractivity contribution in [2.45, 2.75) is 38.6 Å². The topological polar surface area (TPSA) is 76.1 Å². The Morgan fingerprint density at radius 2 is 1.94 bits per heavy atom. The summed E-state index contributed by atoms with van der Waals surface area (Å²) in [5, 5.41) is 11.2. The van der Waals surface area contributed by atoms with Crippen molar-refractivity contribution in [3.63, 3.8) is 0 Å². The van der Waals surface area contributed by atoms with Gasteiger partial charge in [-0.1, -0.05) is 31.9 Å². The fourth-order valence-corrected chi connectivity index (χ4v) is 4.26. The van der Waals surface area contributed by atoms with Gasteiger partial charge >= 0.3 is 0 Å². The minimum atomic E-state index is -0.647. The molecule has 1 saturated heterocycles. The van der Waals surface area contributed by atoms with Crippen molar-refractivity contribution >= 4 is 17.4 Å². The molecule has 0 saturated carbocycles. The molecule has 2 aliphatic heterocycles. The number of carbonyl (C=O) groups is 2. The van der Waals surface area contributed by atoms with Gasteiger partial charge in [0.15, 0.2) is 0 Å². The highest BCUT2D eigenvalue weighted by Gasteiger charge is 2.45. The Kier molecular flexibility index (Phi) is 5.98. The molecule has 2 aromatic rings. The molecule has 162 valence electrons. The highest BCUT2D eigenvalue weighted by Crippen LogP contribution is 2.40. The molecule has 0 aliphatic carbocycles. The van der Waals surface area contributed by atoms with E-state index in [1.807, 2.05) is 18.2 Å². The van der Waals surface area contributed by atoms with E-state index in [9.17, 15) is 14.7 Å². The summed E-state index contributed by atoms with van der Waals surface area (Å²) < 4.78 is 10.8. The van der Waals surface area contributed by atoms with E-state index < -0.39 is 17.7 Å². The number of carbonyl (C=O) groups excluding carboxylic acids is 2. The summed E-state index contributed by atoms with van der Waals surface area (Å²) in [6, 6.07) is 12.0. The molecule has 1 atom stereocenters. The van der Waals surface area contributed by atoms with Crippen LogP contribution < -0.4 is 9.47 Å². The van der Waals surface area contributed by atoms with Gasteiger partial charge in [0.25, 0.3) is 11.7 Å². The van der Waals surface area contributed by atoms with E-state index in [0.29, 0.717) is 24.5 Å². The van der Waals surface area contributed by atoms with E-state index in [4.69, 9.17) is 9.47 Å². The number of ether oxygens (including phenoxy) is 2. The van der Waals surface area contributed by atoms with E-state index in [2.05, 4.69) is 6.92 Å². The Bertz CT molecular complexity index is 1020. The highest BCUT2D eigenvalue weighted by atomic mass is 16.5. The number of Topliss-reactive ketones (excluding diaryl/α,β-unsaturated/α-hetero) is 1. The molecule has 1 N–H and O–H groups in total. The number of likely N-dealkylation sites (tertiary alicyclic amines) is 1. The van der Waals surface area contributed by atoms with E-state index in [1.54, 1.807) is 36.3 Å².